The molecule has 0 bridgehead atoms. The molecule has 0 amide bonds. The Labute approximate surface area is 65.3 Å². The van der Waals surface area contributed by atoms with Crippen LogP contribution in [-0.2, 0) is 14.6 Å². The third-order valence-electron chi connectivity index (χ3n) is 1.33. The summed E-state index contributed by atoms with van der Waals surface area (Å²) in [6.45, 7) is 2.32. The van der Waals surface area contributed by atoms with Crippen LogP contribution in [0.4, 0.5) is 0 Å². The van der Waals surface area contributed by atoms with Crippen LogP contribution in [0, 0.1) is 0 Å². The van der Waals surface area contributed by atoms with E-state index in [1.165, 1.54) is 6.92 Å². The molecule has 0 saturated heterocycles. The Morgan fingerprint density at radius 3 is 1.80 bits per heavy atom. The van der Waals surface area contributed by atoms with Crippen LogP contribution in [-0.4, -0.2) is 24.7 Å². The van der Waals surface area contributed by atoms with Gasteiger partial charge in [-0.25, -0.2) is 8.42 Å². The summed E-state index contributed by atoms with van der Waals surface area (Å²) in [6.07, 6.45) is 0.932. The maximum Gasteiger partial charge on any atom is 0.199 e. The average Bonchev–Trinajstić information content (AvgIpc) is 1.62. The molecular formula is C5H9ClO3S. The minimum atomic E-state index is -3.49. The molecule has 0 heterocycles. The molecular weight excluding hydrogens is 176 g/mol. The lowest BCUT2D eigenvalue weighted by Crippen LogP contribution is -2.35. The van der Waals surface area contributed by atoms with Crippen molar-refractivity contribution in [1.29, 1.82) is 0 Å². The van der Waals surface area contributed by atoms with Crippen molar-refractivity contribution in [3.63, 3.8) is 0 Å². The molecule has 0 aromatic heterocycles. The number of halogens is 1. The highest BCUT2D eigenvalue weighted by atomic mass is 35.5. The van der Waals surface area contributed by atoms with Gasteiger partial charge in [0.2, 0.25) is 0 Å². The maximum absolute atomic E-state index is 10.7. The summed E-state index contributed by atoms with van der Waals surface area (Å²) in [6, 6.07) is 0. The van der Waals surface area contributed by atoms with E-state index in [0.717, 1.165) is 13.2 Å². The Morgan fingerprint density at radius 2 is 1.80 bits per heavy atom. The van der Waals surface area contributed by atoms with Gasteiger partial charge in [0, 0.05) is 6.26 Å². The average molecular weight is 185 g/mol. The quantitative estimate of drug-likeness (QED) is 0.590. The zero-order valence-electron chi connectivity index (χ0n) is 6.01. The maximum atomic E-state index is 10.7. The van der Waals surface area contributed by atoms with E-state index in [1.807, 2.05) is 0 Å². The van der Waals surface area contributed by atoms with Crippen molar-refractivity contribution >= 4 is 27.2 Å². The van der Waals surface area contributed by atoms with E-state index in [1.54, 1.807) is 0 Å². The Hall–Kier alpha value is -0.0900. The van der Waals surface area contributed by atoms with E-state index in [2.05, 4.69) is 0 Å². The zero-order valence-corrected chi connectivity index (χ0v) is 7.58. The van der Waals surface area contributed by atoms with E-state index in [9.17, 15) is 13.2 Å². The van der Waals surface area contributed by atoms with Crippen molar-refractivity contribution in [2.24, 2.45) is 0 Å². The van der Waals surface area contributed by atoms with Gasteiger partial charge >= 0.3 is 0 Å². The van der Waals surface area contributed by atoms with Gasteiger partial charge in [-0.1, -0.05) is 11.6 Å². The smallest absolute Gasteiger partial charge is 0.199 e. The summed E-state index contributed by atoms with van der Waals surface area (Å²) in [7, 11) is -3.49. The molecule has 0 aliphatic carbocycles. The fourth-order valence-corrected chi connectivity index (χ4v) is 0.783. The number of rotatable bonds is 2. The number of carbonyl (C=O) groups is 1. The number of alkyl halides is 1. The number of ketones is 1. The van der Waals surface area contributed by atoms with Crippen molar-refractivity contribution in [2.75, 3.05) is 6.26 Å². The van der Waals surface area contributed by atoms with E-state index in [-0.39, 0.29) is 0 Å². The fourth-order valence-electron chi connectivity index (χ4n) is 0.261. The molecule has 0 radical (unpaired) electrons. The van der Waals surface area contributed by atoms with Gasteiger partial charge in [-0.3, -0.25) is 4.79 Å². The highest BCUT2D eigenvalue weighted by Crippen LogP contribution is 2.21. The number of Topliss-reactive ketones (excluding diaryl/α,β-unsaturated/α-hetero) is 1. The molecule has 0 spiro atoms. The third kappa shape index (κ3) is 1.70. The van der Waals surface area contributed by atoms with Gasteiger partial charge in [0.15, 0.2) is 19.8 Å². The first-order valence-electron chi connectivity index (χ1n) is 2.59. The molecule has 0 rings (SSSR count). The van der Waals surface area contributed by atoms with Crippen molar-refractivity contribution in [2.45, 2.75) is 18.1 Å². The summed E-state index contributed by atoms with van der Waals surface area (Å²) in [5, 5.41) is 0. The van der Waals surface area contributed by atoms with Crippen LogP contribution < -0.4 is 0 Å². The van der Waals surface area contributed by atoms with Gasteiger partial charge in [0.05, 0.1) is 0 Å². The topological polar surface area (TPSA) is 51.2 Å². The van der Waals surface area contributed by atoms with Crippen LogP contribution in [0.15, 0.2) is 0 Å². The summed E-state index contributed by atoms with van der Waals surface area (Å²) in [5.41, 5.74) is 0. The number of hydrogen-bond acceptors (Lipinski definition) is 3. The predicted octanol–water partition coefficient (Wildman–Crippen LogP) is 0.575. The Bertz CT molecular complexity index is 240. The number of carbonyl (C=O) groups excluding carboxylic acids is 1. The summed E-state index contributed by atoms with van der Waals surface area (Å²) in [4.78, 5) is 10.6. The highest BCUT2D eigenvalue weighted by Gasteiger charge is 2.38. The molecule has 10 heavy (non-hydrogen) atoms. The normalized spacial score (nSPS) is 18.0. The Balaban J connectivity index is 4.95. The first kappa shape index (κ1) is 9.91. The zero-order chi connectivity index (χ0) is 8.58. The van der Waals surface area contributed by atoms with Crippen molar-refractivity contribution in [1.82, 2.24) is 0 Å². The minimum absolute atomic E-state index is 0.559. The first-order chi connectivity index (χ1) is 4.19. The SMILES string of the molecule is CC(=O)[C@@](C)(Cl)S(C)(=O)=O. The van der Waals surface area contributed by atoms with E-state index in [4.69, 9.17) is 11.6 Å². The molecule has 0 fully saturated rings. The van der Waals surface area contributed by atoms with Crippen molar-refractivity contribution < 1.29 is 13.2 Å². The minimum Gasteiger partial charge on any atom is -0.297 e. The summed E-state index contributed by atoms with van der Waals surface area (Å²) >= 11 is 5.41. The van der Waals surface area contributed by atoms with E-state index in [0.29, 0.717) is 0 Å². The van der Waals surface area contributed by atoms with Crippen LogP contribution in [0.25, 0.3) is 0 Å². The lowest BCUT2D eigenvalue weighted by molar-refractivity contribution is -0.117. The van der Waals surface area contributed by atoms with E-state index >= 15 is 0 Å². The molecule has 0 unspecified atom stereocenters. The Morgan fingerprint density at radius 1 is 1.50 bits per heavy atom. The largest absolute Gasteiger partial charge is 0.297 e. The molecule has 60 valence electrons. The molecule has 0 aromatic rings. The molecule has 3 nitrogen and oxygen atoms in total. The van der Waals surface area contributed by atoms with Gasteiger partial charge in [0.25, 0.3) is 0 Å². The lowest BCUT2D eigenvalue weighted by Gasteiger charge is -2.14. The van der Waals surface area contributed by atoms with E-state index < -0.39 is 19.8 Å². The van der Waals surface area contributed by atoms with Crippen LogP contribution in [0.3, 0.4) is 0 Å². The standard InChI is InChI=1S/C5H9ClO3S/c1-4(7)5(2,6)10(3,8)9/h1-3H3/t5-/m0/s1. The third-order valence-corrected chi connectivity index (χ3v) is 4.11. The number of sulfone groups is 1. The second kappa shape index (κ2) is 2.51. The monoisotopic (exact) mass is 184 g/mol. The molecule has 0 N–H and O–H groups in total. The van der Waals surface area contributed by atoms with Crippen molar-refractivity contribution in [3.05, 3.63) is 0 Å². The molecule has 0 aromatic carbocycles. The van der Waals surface area contributed by atoms with Gasteiger partial charge in [0.1, 0.15) is 0 Å². The predicted molar refractivity (Wildman–Crippen MR) is 39.8 cm³/mol. The molecule has 5 heteroatoms. The van der Waals surface area contributed by atoms with Crippen LogP contribution >= 0.6 is 11.6 Å². The van der Waals surface area contributed by atoms with Gasteiger partial charge < -0.3 is 0 Å². The Kier molecular flexibility index (Phi) is 2.49. The van der Waals surface area contributed by atoms with Crippen LogP contribution in [0.1, 0.15) is 13.8 Å². The fraction of sp³-hybridized carbons (Fsp3) is 0.800. The first-order valence-corrected chi connectivity index (χ1v) is 4.86. The molecule has 1 atom stereocenters. The molecule has 0 aliphatic heterocycles. The lowest BCUT2D eigenvalue weighted by atomic mass is 10.3. The second-order valence-electron chi connectivity index (χ2n) is 2.25. The van der Waals surface area contributed by atoms with Gasteiger partial charge in [-0.05, 0) is 13.8 Å². The molecule has 0 aliphatic rings. The van der Waals surface area contributed by atoms with Crippen LogP contribution in [0.2, 0.25) is 0 Å². The highest BCUT2D eigenvalue weighted by molar-refractivity contribution is 7.94. The second-order valence-corrected chi connectivity index (χ2v) is 5.59. The van der Waals surface area contributed by atoms with Crippen molar-refractivity contribution in [3.8, 4) is 0 Å². The van der Waals surface area contributed by atoms with Gasteiger partial charge in [-0.15, -0.1) is 0 Å². The van der Waals surface area contributed by atoms with Gasteiger partial charge in [-0.2, -0.15) is 0 Å². The molecule has 0 saturated carbocycles. The number of hydrogen-bond donors (Lipinski definition) is 0. The summed E-state index contributed by atoms with van der Waals surface area (Å²) in [5.74, 6) is -0.559. The summed E-state index contributed by atoms with van der Waals surface area (Å²) < 4.78 is 19.7. The van der Waals surface area contributed by atoms with Crippen LogP contribution in [0.5, 0.6) is 0 Å².